The maximum atomic E-state index is 12.2. The van der Waals surface area contributed by atoms with Gasteiger partial charge in [-0.1, -0.05) is 15.9 Å². The highest BCUT2D eigenvalue weighted by atomic mass is 79.9. The van der Waals surface area contributed by atoms with E-state index in [0.29, 0.717) is 9.37 Å². The molecule has 1 aromatic rings. The summed E-state index contributed by atoms with van der Waals surface area (Å²) in [4.78, 5) is 46.9. The summed E-state index contributed by atoms with van der Waals surface area (Å²) in [6.45, 7) is 0. The number of aliphatic carboxylic acids is 2. The zero-order valence-corrected chi connectivity index (χ0v) is 12.2. The van der Waals surface area contributed by atoms with Gasteiger partial charge in [0, 0.05) is 10.9 Å². The number of carboxylic acids is 2. The minimum Gasteiger partial charge on any atom is -0.481 e. The number of hydrogen-bond donors (Lipinski definition) is 2. The number of fused-ring (bicyclic) bond motifs is 1. The van der Waals surface area contributed by atoms with Crippen LogP contribution >= 0.6 is 15.9 Å². The fourth-order valence-electron chi connectivity index (χ4n) is 2.14. The molecule has 1 aliphatic heterocycles. The monoisotopic (exact) mass is 355 g/mol. The minimum atomic E-state index is -1.49. The van der Waals surface area contributed by atoms with Gasteiger partial charge in [0.25, 0.3) is 11.8 Å². The molecular weight excluding hydrogens is 346 g/mol. The van der Waals surface area contributed by atoms with E-state index in [1.54, 1.807) is 6.07 Å². The van der Waals surface area contributed by atoms with Crippen molar-refractivity contribution in [3.63, 3.8) is 0 Å². The summed E-state index contributed by atoms with van der Waals surface area (Å²) in [6.07, 6.45) is -0.786. The minimum absolute atomic E-state index is 0.107. The lowest BCUT2D eigenvalue weighted by Crippen LogP contribution is -2.45. The molecule has 0 bridgehead atoms. The molecule has 8 heteroatoms. The summed E-state index contributed by atoms with van der Waals surface area (Å²) >= 11 is 3.17. The van der Waals surface area contributed by atoms with Crippen molar-refractivity contribution in [1.82, 2.24) is 4.90 Å². The Kier molecular flexibility index (Phi) is 4.08. The number of carboxylic acid groups (broad SMARTS) is 2. The van der Waals surface area contributed by atoms with E-state index in [4.69, 9.17) is 10.2 Å². The molecule has 2 rings (SSSR count). The first-order chi connectivity index (χ1) is 9.82. The first kappa shape index (κ1) is 15.2. The third-order valence-electron chi connectivity index (χ3n) is 3.11. The van der Waals surface area contributed by atoms with E-state index in [1.165, 1.54) is 12.1 Å². The molecular formula is C13H10BrNO6. The molecule has 7 nitrogen and oxygen atoms in total. The average molecular weight is 356 g/mol. The van der Waals surface area contributed by atoms with Gasteiger partial charge in [-0.05, 0) is 24.6 Å². The second-order valence-corrected chi connectivity index (χ2v) is 5.37. The number of carbonyl (C=O) groups excluding carboxylic acids is 2. The molecule has 110 valence electrons. The van der Waals surface area contributed by atoms with Gasteiger partial charge >= 0.3 is 11.9 Å². The number of amides is 2. The Balaban J connectivity index is 2.36. The van der Waals surface area contributed by atoms with Crippen molar-refractivity contribution < 1.29 is 29.4 Å². The van der Waals surface area contributed by atoms with Gasteiger partial charge in [0.15, 0.2) is 0 Å². The smallest absolute Gasteiger partial charge is 0.326 e. The maximum Gasteiger partial charge on any atom is 0.326 e. The van der Waals surface area contributed by atoms with Crippen LogP contribution in [0.25, 0.3) is 0 Å². The van der Waals surface area contributed by atoms with Gasteiger partial charge in [-0.3, -0.25) is 19.3 Å². The second kappa shape index (κ2) is 5.65. The van der Waals surface area contributed by atoms with Gasteiger partial charge in [-0.25, -0.2) is 4.79 Å². The average Bonchev–Trinajstić information content (AvgIpc) is 2.63. The molecule has 0 aromatic heterocycles. The van der Waals surface area contributed by atoms with Crippen molar-refractivity contribution >= 4 is 39.7 Å². The molecule has 21 heavy (non-hydrogen) atoms. The van der Waals surface area contributed by atoms with Crippen LogP contribution in [-0.2, 0) is 9.59 Å². The van der Waals surface area contributed by atoms with Crippen molar-refractivity contribution in [3.8, 4) is 0 Å². The molecule has 0 fully saturated rings. The zero-order valence-electron chi connectivity index (χ0n) is 10.6. The third kappa shape index (κ3) is 2.80. The Morgan fingerprint density at radius 1 is 1.14 bits per heavy atom. The fourth-order valence-corrected chi connectivity index (χ4v) is 2.50. The SMILES string of the molecule is O=C(O)CCC(C(=O)O)N1C(=O)c2ccc(Br)cc2C1=O. The number of rotatable bonds is 5. The van der Waals surface area contributed by atoms with Crippen LogP contribution in [0.4, 0.5) is 0 Å². The molecule has 2 amide bonds. The van der Waals surface area contributed by atoms with E-state index in [1.807, 2.05) is 0 Å². The van der Waals surface area contributed by atoms with Crippen LogP contribution in [0.5, 0.6) is 0 Å². The van der Waals surface area contributed by atoms with Gasteiger partial charge < -0.3 is 10.2 Å². The van der Waals surface area contributed by atoms with Crippen LogP contribution in [-0.4, -0.2) is 44.9 Å². The summed E-state index contributed by atoms with van der Waals surface area (Å²) in [5.41, 5.74) is 0.223. The van der Waals surface area contributed by atoms with Crippen molar-refractivity contribution in [2.24, 2.45) is 0 Å². The van der Waals surface area contributed by atoms with Crippen molar-refractivity contribution in [2.75, 3.05) is 0 Å². The molecule has 0 radical (unpaired) electrons. The lowest BCUT2D eigenvalue weighted by Gasteiger charge is -2.21. The van der Waals surface area contributed by atoms with Crippen LogP contribution in [0.2, 0.25) is 0 Å². The topological polar surface area (TPSA) is 112 Å². The number of benzene rings is 1. The van der Waals surface area contributed by atoms with Gasteiger partial charge in [-0.15, -0.1) is 0 Å². The first-order valence-electron chi connectivity index (χ1n) is 5.95. The highest BCUT2D eigenvalue weighted by Crippen LogP contribution is 2.28. The Morgan fingerprint density at radius 2 is 1.76 bits per heavy atom. The third-order valence-corrected chi connectivity index (χ3v) is 3.60. The normalized spacial score (nSPS) is 15.0. The van der Waals surface area contributed by atoms with Crippen LogP contribution < -0.4 is 0 Å². The number of hydrogen-bond acceptors (Lipinski definition) is 4. The van der Waals surface area contributed by atoms with Crippen molar-refractivity contribution in [2.45, 2.75) is 18.9 Å². The number of halogens is 1. The number of imide groups is 1. The predicted molar refractivity (Wildman–Crippen MR) is 72.9 cm³/mol. The lowest BCUT2D eigenvalue weighted by molar-refractivity contribution is -0.142. The summed E-state index contributed by atoms with van der Waals surface area (Å²) < 4.78 is 0.585. The molecule has 0 saturated heterocycles. The van der Waals surface area contributed by atoms with E-state index in [0.717, 1.165) is 0 Å². The van der Waals surface area contributed by atoms with Crippen LogP contribution in [0.15, 0.2) is 22.7 Å². The molecule has 1 aromatic carbocycles. The van der Waals surface area contributed by atoms with Crippen LogP contribution in [0.1, 0.15) is 33.6 Å². The van der Waals surface area contributed by atoms with E-state index in [2.05, 4.69) is 15.9 Å². The molecule has 1 aliphatic rings. The molecule has 0 saturated carbocycles. The zero-order chi connectivity index (χ0) is 15.7. The lowest BCUT2D eigenvalue weighted by atomic mass is 10.1. The Morgan fingerprint density at radius 3 is 2.33 bits per heavy atom. The Labute approximate surface area is 127 Å². The van der Waals surface area contributed by atoms with Crippen molar-refractivity contribution in [1.29, 1.82) is 0 Å². The maximum absolute atomic E-state index is 12.2. The van der Waals surface area contributed by atoms with Gasteiger partial charge in [-0.2, -0.15) is 0 Å². The number of nitrogens with zero attached hydrogens (tertiary/aromatic N) is 1. The first-order valence-corrected chi connectivity index (χ1v) is 6.74. The quantitative estimate of drug-likeness (QED) is 0.771. The summed E-state index contributed by atoms with van der Waals surface area (Å²) in [5, 5.41) is 17.8. The highest BCUT2D eigenvalue weighted by Gasteiger charge is 2.42. The molecule has 0 aliphatic carbocycles. The van der Waals surface area contributed by atoms with Crippen molar-refractivity contribution in [3.05, 3.63) is 33.8 Å². The van der Waals surface area contributed by atoms with E-state index in [9.17, 15) is 19.2 Å². The van der Waals surface area contributed by atoms with Gasteiger partial charge in [0.1, 0.15) is 6.04 Å². The van der Waals surface area contributed by atoms with E-state index < -0.39 is 36.2 Å². The Hall–Kier alpha value is -2.22. The summed E-state index contributed by atoms with van der Waals surface area (Å²) in [6, 6.07) is 2.94. The summed E-state index contributed by atoms with van der Waals surface area (Å²) in [5.74, 6) is -4.06. The highest BCUT2D eigenvalue weighted by molar-refractivity contribution is 9.10. The standard InChI is InChI=1S/C13H10BrNO6/c14-6-1-2-7-8(5-6)12(19)15(11(7)18)9(13(20)21)3-4-10(16)17/h1-2,5,9H,3-4H2,(H,16,17)(H,20,21). The van der Waals surface area contributed by atoms with Crippen LogP contribution in [0, 0.1) is 0 Å². The van der Waals surface area contributed by atoms with Gasteiger partial charge in [0.2, 0.25) is 0 Å². The van der Waals surface area contributed by atoms with Gasteiger partial charge in [0.05, 0.1) is 11.1 Å². The predicted octanol–water partition coefficient (Wildman–Crippen LogP) is 1.36. The van der Waals surface area contributed by atoms with E-state index in [-0.39, 0.29) is 17.5 Å². The largest absolute Gasteiger partial charge is 0.481 e. The second-order valence-electron chi connectivity index (χ2n) is 4.46. The molecule has 1 atom stereocenters. The number of carbonyl (C=O) groups is 4. The molecule has 1 unspecified atom stereocenters. The molecule has 2 N–H and O–H groups in total. The molecule has 1 heterocycles. The van der Waals surface area contributed by atoms with E-state index >= 15 is 0 Å². The van der Waals surface area contributed by atoms with Crippen LogP contribution in [0.3, 0.4) is 0 Å². The Bertz CT molecular complexity index is 656. The fraction of sp³-hybridized carbons (Fsp3) is 0.231. The molecule has 0 spiro atoms. The summed E-state index contributed by atoms with van der Waals surface area (Å²) in [7, 11) is 0.